The van der Waals surface area contributed by atoms with Crippen LogP contribution in [-0.4, -0.2) is 0 Å². The summed E-state index contributed by atoms with van der Waals surface area (Å²) in [7, 11) is 0. The fourth-order valence-corrected chi connectivity index (χ4v) is 5.47. The standard InChI is InChI=1S/C34H10F2N8/c35-33-21(11-39)1-17(2-22(33)12-40)26-7-28-29-8-27(18-3-23(13-41)34(36)24(4-18)14-42)20(10-38)6-31(29)32(25(15-43)16-44)30(28)5-19(26)9-37/h1-8,25,32H. The minimum atomic E-state index is -1.23. The van der Waals surface area contributed by atoms with Crippen molar-refractivity contribution in [1.29, 1.82) is 42.1 Å². The van der Waals surface area contributed by atoms with Crippen molar-refractivity contribution in [2.75, 3.05) is 0 Å². The third-order valence-corrected chi connectivity index (χ3v) is 7.44. The van der Waals surface area contributed by atoms with Crippen molar-refractivity contribution in [2.45, 2.75) is 5.92 Å². The molecule has 0 fully saturated rings. The van der Waals surface area contributed by atoms with E-state index in [1.165, 1.54) is 36.4 Å². The van der Waals surface area contributed by atoms with E-state index in [9.17, 15) is 50.9 Å². The van der Waals surface area contributed by atoms with Gasteiger partial charge in [-0.15, -0.1) is 0 Å². The predicted molar refractivity (Wildman–Crippen MR) is 148 cm³/mol. The monoisotopic (exact) mass is 568 g/mol. The van der Waals surface area contributed by atoms with Gasteiger partial charge in [0.05, 0.1) is 57.7 Å². The highest BCUT2D eigenvalue weighted by Crippen LogP contribution is 2.52. The molecule has 0 saturated carbocycles. The zero-order chi connectivity index (χ0) is 31.7. The minimum absolute atomic E-state index is 0.0622. The van der Waals surface area contributed by atoms with Gasteiger partial charge in [0, 0.05) is 17.0 Å². The molecule has 0 radical (unpaired) electrons. The number of hydrogen-bond donors (Lipinski definition) is 0. The summed E-state index contributed by atoms with van der Waals surface area (Å²) in [5.74, 6) is -4.12. The smallest absolute Gasteiger partial charge is 0.158 e. The van der Waals surface area contributed by atoms with E-state index in [-0.39, 0.29) is 33.4 Å². The van der Waals surface area contributed by atoms with Crippen LogP contribution in [0.2, 0.25) is 0 Å². The number of hydrogen-bond acceptors (Lipinski definition) is 8. The average Bonchev–Trinajstić information content (AvgIpc) is 3.36. The van der Waals surface area contributed by atoms with Gasteiger partial charge < -0.3 is 0 Å². The molecule has 0 bridgehead atoms. The molecule has 8 nitrogen and oxygen atoms in total. The Morgan fingerprint density at radius 3 is 1.02 bits per heavy atom. The summed E-state index contributed by atoms with van der Waals surface area (Å²) in [5, 5.41) is 77.5. The summed E-state index contributed by atoms with van der Waals surface area (Å²) < 4.78 is 29.1. The second-order valence-corrected chi connectivity index (χ2v) is 9.63. The van der Waals surface area contributed by atoms with Crippen molar-refractivity contribution in [3.63, 3.8) is 0 Å². The fourth-order valence-electron chi connectivity index (χ4n) is 5.47. The van der Waals surface area contributed by atoms with Crippen LogP contribution in [0.4, 0.5) is 8.78 Å². The van der Waals surface area contributed by atoms with Crippen LogP contribution in [0.25, 0.3) is 33.4 Å². The Balaban J connectivity index is 1.88. The third-order valence-electron chi connectivity index (χ3n) is 7.44. The van der Waals surface area contributed by atoms with Crippen LogP contribution >= 0.6 is 0 Å². The van der Waals surface area contributed by atoms with Gasteiger partial charge in [-0.1, -0.05) is 0 Å². The molecule has 0 spiro atoms. The van der Waals surface area contributed by atoms with E-state index in [1.54, 1.807) is 36.4 Å². The van der Waals surface area contributed by atoms with Crippen LogP contribution in [0.1, 0.15) is 50.4 Å². The first-order valence-corrected chi connectivity index (χ1v) is 12.5. The maximum absolute atomic E-state index is 14.5. The molecule has 0 amide bonds. The predicted octanol–water partition coefficient (Wildman–Crippen LogP) is 6.30. The average molecular weight is 569 g/mol. The van der Waals surface area contributed by atoms with E-state index >= 15 is 0 Å². The summed E-state index contributed by atoms with van der Waals surface area (Å²) in [4.78, 5) is 0. The van der Waals surface area contributed by atoms with Gasteiger partial charge in [-0.05, 0) is 81.9 Å². The molecule has 0 atom stereocenters. The summed E-state index contributed by atoms with van der Waals surface area (Å²) in [6, 6.07) is 25.7. The molecule has 0 N–H and O–H groups in total. The van der Waals surface area contributed by atoms with Crippen molar-refractivity contribution in [3.05, 3.63) is 105 Å². The van der Waals surface area contributed by atoms with Gasteiger partial charge in [0.1, 0.15) is 30.2 Å². The van der Waals surface area contributed by atoms with E-state index in [1.807, 2.05) is 12.1 Å². The first-order valence-electron chi connectivity index (χ1n) is 12.5. The molecule has 0 aliphatic heterocycles. The number of halogens is 2. The van der Waals surface area contributed by atoms with E-state index in [4.69, 9.17) is 0 Å². The number of nitrogens with zero attached hydrogens (tertiary/aromatic N) is 8. The van der Waals surface area contributed by atoms with Crippen molar-refractivity contribution in [3.8, 4) is 81.9 Å². The highest BCUT2D eigenvalue weighted by atomic mass is 19.1. The van der Waals surface area contributed by atoms with Gasteiger partial charge in [-0.2, -0.15) is 42.1 Å². The zero-order valence-electron chi connectivity index (χ0n) is 22.1. The molecule has 5 rings (SSSR count). The van der Waals surface area contributed by atoms with Crippen molar-refractivity contribution < 1.29 is 8.78 Å². The third kappa shape index (κ3) is 4.20. The van der Waals surface area contributed by atoms with E-state index in [0.717, 1.165) is 0 Å². The normalized spacial score (nSPS) is 10.9. The Kier molecular flexibility index (Phi) is 6.99. The molecule has 1 aliphatic carbocycles. The molecule has 1 aliphatic rings. The maximum Gasteiger partial charge on any atom is 0.158 e. The fraction of sp³-hybridized carbons (Fsp3) is 0.0588. The number of benzene rings is 4. The second-order valence-electron chi connectivity index (χ2n) is 9.63. The van der Waals surface area contributed by atoms with Gasteiger partial charge in [-0.3, -0.25) is 0 Å². The van der Waals surface area contributed by atoms with Gasteiger partial charge in [0.25, 0.3) is 0 Å². The molecule has 0 unspecified atom stereocenters. The summed E-state index contributed by atoms with van der Waals surface area (Å²) in [6.45, 7) is 0. The molecule has 4 aromatic carbocycles. The summed E-state index contributed by atoms with van der Waals surface area (Å²) >= 11 is 0. The Labute approximate surface area is 249 Å². The van der Waals surface area contributed by atoms with E-state index in [0.29, 0.717) is 22.3 Å². The molecule has 4 aromatic rings. The van der Waals surface area contributed by atoms with Crippen molar-refractivity contribution in [1.82, 2.24) is 0 Å². The zero-order valence-corrected chi connectivity index (χ0v) is 22.1. The number of nitriles is 8. The lowest BCUT2D eigenvalue weighted by Crippen LogP contribution is -2.09. The molecule has 0 heterocycles. The van der Waals surface area contributed by atoms with Crippen LogP contribution in [0.3, 0.4) is 0 Å². The van der Waals surface area contributed by atoms with Crippen LogP contribution in [0, 0.1) is 108 Å². The molecule has 10 heteroatoms. The van der Waals surface area contributed by atoms with Gasteiger partial charge in [0.2, 0.25) is 0 Å². The second kappa shape index (κ2) is 10.9. The first-order chi connectivity index (χ1) is 21.3. The van der Waals surface area contributed by atoms with Crippen LogP contribution in [0.15, 0.2) is 48.5 Å². The molecular formula is C34H10F2N8. The molecule has 0 aromatic heterocycles. The minimum Gasteiger partial charge on any atom is -0.204 e. The number of rotatable bonds is 3. The largest absolute Gasteiger partial charge is 0.204 e. The lowest BCUT2D eigenvalue weighted by atomic mass is 9.83. The highest BCUT2D eigenvalue weighted by molar-refractivity contribution is 5.90. The van der Waals surface area contributed by atoms with E-state index < -0.39 is 45.7 Å². The van der Waals surface area contributed by atoms with E-state index in [2.05, 4.69) is 12.1 Å². The van der Waals surface area contributed by atoms with Crippen LogP contribution in [-0.2, 0) is 0 Å². The van der Waals surface area contributed by atoms with Crippen molar-refractivity contribution in [2.24, 2.45) is 5.92 Å². The lowest BCUT2D eigenvalue weighted by molar-refractivity contribution is 0.620. The first kappa shape index (κ1) is 28.2. The van der Waals surface area contributed by atoms with Gasteiger partial charge in [-0.25, -0.2) is 8.78 Å². The molecule has 0 saturated heterocycles. The molecule has 44 heavy (non-hydrogen) atoms. The highest BCUT2D eigenvalue weighted by Gasteiger charge is 2.37. The van der Waals surface area contributed by atoms with Crippen LogP contribution in [0.5, 0.6) is 0 Å². The summed E-state index contributed by atoms with van der Waals surface area (Å²) in [6.07, 6.45) is 0. The molecular weight excluding hydrogens is 558 g/mol. The van der Waals surface area contributed by atoms with Gasteiger partial charge in [0.15, 0.2) is 11.6 Å². The molecule has 200 valence electrons. The Hall–Kier alpha value is -7.34. The lowest BCUT2D eigenvalue weighted by Gasteiger charge is -2.16. The Morgan fingerprint density at radius 1 is 0.432 bits per heavy atom. The van der Waals surface area contributed by atoms with Crippen molar-refractivity contribution >= 4 is 0 Å². The number of fused-ring (bicyclic) bond motifs is 3. The Morgan fingerprint density at radius 2 is 0.750 bits per heavy atom. The van der Waals surface area contributed by atoms with Gasteiger partial charge >= 0.3 is 0 Å². The Bertz CT molecular complexity index is 2080. The van der Waals surface area contributed by atoms with Crippen LogP contribution < -0.4 is 0 Å². The SMILES string of the molecule is N#Cc1cc2c(cc1-c1cc(C#N)c(F)c(C#N)c1)-c1cc(-c3cc(C#N)c(F)c(C#N)c3)c(C#N)cc1C2C(C#N)C#N. The topological polar surface area (TPSA) is 190 Å². The summed E-state index contributed by atoms with van der Waals surface area (Å²) in [5.41, 5.74) is 1.11. The quantitative estimate of drug-likeness (QED) is 0.275. The maximum atomic E-state index is 14.5.